The minimum Gasteiger partial charge on any atom is -0.497 e. The lowest BCUT2D eigenvalue weighted by molar-refractivity contribution is 0.0977. The van der Waals surface area contributed by atoms with E-state index >= 15 is 0 Å². The minimum absolute atomic E-state index is 0.0118. The number of carbonyl (C=O) groups excluding carboxylic acids is 1. The van der Waals surface area contributed by atoms with Crippen molar-refractivity contribution in [3.05, 3.63) is 78.4 Å². The second-order valence-electron chi connectivity index (χ2n) is 8.41. The third-order valence-corrected chi connectivity index (χ3v) is 9.29. The standard InChI is InChI=1S/C25H26N4O6S3/c1-35-21-11-9-19(10-12-21)28-37(31,32)23-6-4-5-20(17-23)26-25(36)27-24(30)18-7-13-22(14-8-18)38(33,34)29-15-2-3-16-29/h4-14,17,28H,2-3,15-16H2,1H3,(H2,26,27,30,36). The molecule has 4 rings (SSSR count). The molecule has 38 heavy (non-hydrogen) atoms. The van der Waals surface area contributed by atoms with Crippen LogP contribution in [0.5, 0.6) is 5.75 Å². The zero-order valence-electron chi connectivity index (χ0n) is 20.4. The Balaban J connectivity index is 1.38. The van der Waals surface area contributed by atoms with Crippen LogP contribution in [0.1, 0.15) is 23.2 Å². The number of anilines is 2. The molecule has 3 aromatic rings. The largest absolute Gasteiger partial charge is 0.497 e. The van der Waals surface area contributed by atoms with E-state index in [0.717, 1.165) is 12.8 Å². The molecule has 0 saturated carbocycles. The molecule has 3 aromatic carbocycles. The molecule has 0 aromatic heterocycles. The van der Waals surface area contributed by atoms with Crippen LogP contribution < -0.4 is 20.1 Å². The number of carbonyl (C=O) groups is 1. The first-order chi connectivity index (χ1) is 18.1. The second kappa shape index (κ2) is 11.5. The molecule has 3 N–H and O–H groups in total. The molecule has 0 unspecified atom stereocenters. The predicted octanol–water partition coefficient (Wildman–Crippen LogP) is 3.41. The van der Waals surface area contributed by atoms with Gasteiger partial charge in [-0.2, -0.15) is 4.31 Å². The Bertz CT molecular complexity index is 1530. The van der Waals surface area contributed by atoms with Gasteiger partial charge in [-0.1, -0.05) is 6.07 Å². The van der Waals surface area contributed by atoms with Crippen LogP contribution in [-0.4, -0.2) is 52.4 Å². The number of rotatable bonds is 8. The molecule has 10 nitrogen and oxygen atoms in total. The molecule has 200 valence electrons. The van der Waals surface area contributed by atoms with Crippen LogP contribution in [0.25, 0.3) is 0 Å². The average Bonchev–Trinajstić information content (AvgIpc) is 3.45. The fourth-order valence-corrected chi connectivity index (χ4v) is 6.64. The van der Waals surface area contributed by atoms with E-state index in [1.54, 1.807) is 30.3 Å². The van der Waals surface area contributed by atoms with Crippen molar-refractivity contribution in [1.82, 2.24) is 9.62 Å². The summed E-state index contributed by atoms with van der Waals surface area (Å²) in [5.41, 5.74) is 0.931. The van der Waals surface area contributed by atoms with Crippen molar-refractivity contribution < 1.29 is 26.4 Å². The number of thiocarbonyl (C=S) groups is 1. The van der Waals surface area contributed by atoms with E-state index in [-0.39, 0.29) is 20.5 Å². The van der Waals surface area contributed by atoms with Crippen LogP contribution in [0, 0.1) is 0 Å². The number of amides is 1. The number of hydrogen-bond acceptors (Lipinski definition) is 7. The highest BCUT2D eigenvalue weighted by Gasteiger charge is 2.27. The van der Waals surface area contributed by atoms with Gasteiger partial charge >= 0.3 is 0 Å². The highest BCUT2D eigenvalue weighted by atomic mass is 32.2. The second-order valence-corrected chi connectivity index (χ2v) is 12.4. The van der Waals surface area contributed by atoms with Gasteiger partial charge in [-0.25, -0.2) is 16.8 Å². The summed E-state index contributed by atoms with van der Waals surface area (Å²) in [5, 5.41) is 5.25. The smallest absolute Gasteiger partial charge is 0.261 e. The summed E-state index contributed by atoms with van der Waals surface area (Å²) in [6.07, 6.45) is 1.66. The van der Waals surface area contributed by atoms with Crippen LogP contribution >= 0.6 is 12.2 Å². The normalized spacial score (nSPS) is 14.0. The lowest BCUT2D eigenvalue weighted by Gasteiger charge is -2.15. The molecule has 0 aliphatic carbocycles. The van der Waals surface area contributed by atoms with Crippen LogP contribution in [0.2, 0.25) is 0 Å². The van der Waals surface area contributed by atoms with Crippen LogP contribution in [-0.2, 0) is 20.0 Å². The highest BCUT2D eigenvalue weighted by molar-refractivity contribution is 7.92. The summed E-state index contributed by atoms with van der Waals surface area (Å²) in [5.74, 6) is 0.0512. The Kier molecular flexibility index (Phi) is 8.31. The molecule has 13 heteroatoms. The van der Waals surface area contributed by atoms with Crippen LogP contribution in [0.15, 0.2) is 82.6 Å². The molecular formula is C25H26N4O6S3. The van der Waals surface area contributed by atoms with Gasteiger partial charge in [-0.05, 0) is 91.8 Å². The summed E-state index contributed by atoms with van der Waals surface area (Å²) in [4.78, 5) is 12.7. The van der Waals surface area contributed by atoms with Crippen molar-refractivity contribution in [2.75, 3.05) is 30.2 Å². The maximum Gasteiger partial charge on any atom is 0.261 e. The van der Waals surface area contributed by atoms with E-state index < -0.39 is 26.0 Å². The summed E-state index contributed by atoms with van der Waals surface area (Å²) in [6.45, 7) is 0.981. The van der Waals surface area contributed by atoms with Crippen molar-refractivity contribution in [1.29, 1.82) is 0 Å². The number of nitrogens with one attached hydrogen (secondary N) is 3. The maximum absolute atomic E-state index is 12.8. The number of sulfonamides is 2. The number of hydrogen-bond donors (Lipinski definition) is 3. The molecule has 0 bridgehead atoms. The number of benzene rings is 3. The Labute approximate surface area is 227 Å². The van der Waals surface area contributed by atoms with Gasteiger partial charge in [0.2, 0.25) is 10.0 Å². The fraction of sp³-hybridized carbons (Fsp3) is 0.200. The van der Waals surface area contributed by atoms with Crippen molar-refractivity contribution in [2.45, 2.75) is 22.6 Å². The number of nitrogens with zero attached hydrogens (tertiary/aromatic N) is 1. The summed E-state index contributed by atoms with van der Waals surface area (Å²) in [7, 11) is -5.96. The molecule has 1 aliphatic heterocycles. The van der Waals surface area contributed by atoms with Gasteiger partial charge in [-0.3, -0.25) is 14.8 Å². The van der Waals surface area contributed by atoms with E-state index in [2.05, 4.69) is 15.4 Å². The summed E-state index contributed by atoms with van der Waals surface area (Å²) in [6, 6.07) is 18.0. The quantitative estimate of drug-likeness (QED) is 0.349. The molecule has 0 radical (unpaired) electrons. The van der Waals surface area contributed by atoms with Gasteiger partial charge in [0.1, 0.15) is 5.75 Å². The first-order valence-electron chi connectivity index (χ1n) is 11.6. The van der Waals surface area contributed by atoms with Gasteiger partial charge in [0.25, 0.3) is 15.9 Å². The van der Waals surface area contributed by atoms with Crippen LogP contribution in [0.4, 0.5) is 11.4 Å². The van der Waals surface area contributed by atoms with Gasteiger partial charge in [0.15, 0.2) is 5.11 Å². The van der Waals surface area contributed by atoms with Crippen LogP contribution in [0.3, 0.4) is 0 Å². The van der Waals surface area contributed by atoms with Gasteiger partial charge < -0.3 is 10.1 Å². The molecule has 1 saturated heterocycles. The lowest BCUT2D eigenvalue weighted by Crippen LogP contribution is -2.34. The summed E-state index contributed by atoms with van der Waals surface area (Å²) >= 11 is 5.21. The van der Waals surface area contributed by atoms with E-state index in [4.69, 9.17) is 17.0 Å². The topological polar surface area (TPSA) is 134 Å². The molecule has 0 atom stereocenters. The zero-order chi connectivity index (χ0) is 27.3. The molecule has 0 spiro atoms. The molecule has 1 aliphatic rings. The Morgan fingerprint density at radius 3 is 2.16 bits per heavy atom. The van der Waals surface area contributed by atoms with Crippen molar-refractivity contribution in [2.24, 2.45) is 0 Å². The average molecular weight is 575 g/mol. The molecule has 1 amide bonds. The summed E-state index contributed by atoms with van der Waals surface area (Å²) < 4.78 is 60.0. The van der Waals surface area contributed by atoms with Crippen molar-refractivity contribution >= 4 is 54.7 Å². The molecular weight excluding hydrogens is 548 g/mol. The first kappa shape index (κ1) is 27.5. The Morgan fingerprint density at radius 1 is 0.868 bits per heavy atom. The third-order valence-electron chi connectivity index (χ3n) is 5.79. The van der Waals surface area contributed by atoms with Crippen molar-refractivity contribution in [3.63, 3.8) is 0 Å². The number of ether oxygens (including phenoxy) is 1. The molecule has 1 heterocycles. The number of methoxy groups -OCH3 is 1. The SMILES string of the molecule is COc1ccc(NS(=O)(=O)c2cccc(NC(=S)NC(=O)c3ccc(S(=O)(=O)N4CCCC4)cc3)c2)cc1. The van der Waals surface area contributed by atoms with Gasteiger partial charge in [-0.15, -0.1) is 0 Å². The zero-order valence-corrected chi connectivity index (χ0v) is 22.8. The van der Waals surface area contributed by atoms with Crippen molar-refractivity contribution in [3.8, 4) is 5.75 Å². The first-order valence-corrected chi connectivity index (χ1v) is 14.9. The highest BCUT2D eigenvalue weighted by Crippen LogP contribution is 2.22. The molecule has 1 fully saturated rings. The van der Waals surface area contributed by atoms with E-state index in [9.17, 15) is 21.6 Å². The van der Waals surface area contributed by atoms with Gasteiger partial charge in [0, 0.05) is 30.0 Å². The van der Waals surface area contributed by atoms with Gasteiger partial charge in [0.05, 0.1) is 16.9 Å². The third kappa shape index (κ3) is 6.48. The predicted molar refractivity (Wildman–Crippen MR) is 148 cm³/mol. The van der Waals surface area contributed by atoms with E-state index in [1.807, 2.05) is 0 Å². The monoisotopic (exact) mass is 574 g/mol. The van der Waals surface area contributed by atoms with E-state index in [1.165, 1.54) is 53.9 Å². The fourth-order valence-electron chi connectivity index (χ4n) is 3.81. The minimum atomic E-state index is -3.89. The Morgan fingerprint density at radius 2 is 1.53 bits per heavy atom. The lowest BCUT2D eigenvalue weighted by atomic mass is 10.2. The van der Waals surface area contributed by atoms with E-state index in [0.29, 0.717) is 30.2 Å². The Hall–Kier alpha value is -3.52. The maximum atomic E-state index is 12.8.